The number of alkyl halides is 3. The van der Waals surface area contributed by atoms with Crippen molar-refractivity contribution in [2.45, 2.75) is 43.0 Å². The van der Waals surface area contributed by atoms with Gasteiger partial charge in [0.2, 0.25) is 0 Å². The number of thioether (sulfide) groups is 1. The molecule has 2 aliphatic rings. The molecular formula is C24H26ClF5N4OS. The summed E-state index contributed by atoms with van der Waals surface area (Å²) in [6, 6.07) is 2.07. The van der Waals surface area contributed by atoms with Gasteiger partial charge in [0.15, 0.2) is 0 Å². The van der Waals surface area contributed by atoms with E-state index in [1.54, 1.807) is 4.90 Å². The van der Waals surface area contributed by atoms with Crippen molar-refractivity contribution in [3.05, 3.63) is 46.0 Å². The van der Waals surface area contributed by atoms with Crippen molar-refractivity contribution in [2.24, 2.45) is 0 Å². The predicted octanol–water partition coefficient (Wildman–Crippen LogP) is 5.84. The van der Waals surface area contributed by atoms with Crippen LogP contribution in [0.2, 0.25) is 5.02 Å². The first-order valence-corrected chi connectivity index (χ1v) is 12.7. The molecule has 2 aromatic carbocycles. The summed E-state index contributed by atoms with van der Waals surface area (Å²) in [4.78, 5) is 1.87. The van der Waals surface area contributed by atoms with E-state index < -0.39 is 39.5 Å². The number of amidine groups is 1. The first-order chi connectivity index (χ1) is 16.9. The molecule has 0 amide bonds. The summed E-state index contributed by atoms with van der Waals surface area (Å²) in [5.41, 5.74) is -1.64. The molecule has 3 atom stereocenters. The molecule has 2 aliphatic heterocycles. The Labute approximate surface area is 215 Å². The van der Waals surface area contributed by atoms with E-state index >= 15 is 0 Å². The fourth-order valence-electron chi connectivity index (χ4n) is 4.74. The van der Waals surface area contributed by atoms with Crippen molar-refractivity contribution in [1.29, 1.82) is 5.41 Å². The van der Waals surface area contributed by atoms with Crippen LogP contribution in [0.5, 0.6) is 0 Å². The number of nitrogens with one attached hydrogen (secondary N) is 3. The lowest BCUT2D eigenvalue weighted by molar-refractivity contribution is -0.137. The van der Waals surface area contributed by atoms with Gasteiger partial charge in [-0.1, -0.05) is 11.6 Å². The summed E-state index contributed by atoms with van der Waals surface area (Å²) in [6.07, 6.45) is -4.87. The van der Waals surface area contributed by atoms with Crippen molar-refractivity contribution >= 4 is 34.9 Å². The van der Waals surface area contributed by atoms with Gasteiger partial charge >= 0.3 is 6.18 Å². The van der Waals surface area contributed by atoms with Crippen LogP contribution >= 0.6 is 23.4 Å². The molecule has 12 heteroatoms. The van der Waals surface area contributed by atoms with E-state index in [1.165, 1.54) is 7.11 Å². The third-order valence-electron chi connectivity index (χ3n) is 6.14. The molecule has 36 heavy (non-hydrogen) atoms. The lowest BCUT2D eigenvalue weighted by Crippen LogP contribution is -2.56. The van der Waals surface area contributed by atoms with Gasteiger partial charge in [0.05, 0.1) is 28.9 Å². The van der Waals surface area contributed by atoms with Crippen LogP contribution in [-0.4, -0.2) is 61.4 Å². The molecule has 0 aromatic heterocycles. The highest BCUT2D eigenvalue weighted by Gasteiger charge is 2.40. The molecule has 0 unspecified atom stereocenters. The second-order valence-electron chi connectivity index (χ2n) is 9.12. The van der Waals surface area contributed by atoms with E-state index in [0.29, 0.717) is 30.6 Å². The lowest BCUT2D eigenvalue weighted by Gasteiger charge is -2.39. The molecule has 5 nitrogen and oxygen atoms in total. The van der Waals surface area contributed by atoms with Crippen molar-refractivity contribution in [2.75, 3.05) is 37.9 Å². The summed E-state index contributed by atoms with van der Waals surface area (Å²) in [5, 5.41) is 15.0. The molecule has 0 saturated carbocycles. The second-order valence-corrected chi connectivity index (χ2v) is 10.6. The number of hydrogen-bond donors (Lipinski definition) is 3. The number of piperazine rings is 1. The minimum Gasteiger partial charge on any atom is -0.383 e. The largest absolute Gasteiger partial charge is 0.417 e. The van der Waals surface area contributed by atoms with Gasteiger partial charge in [-0.15, -0.1) is 11.8 Å². The maximum Gasteiger partial charge on any atom is 0.417 e. The summed E-state index contributed by atoms with van der Waals surface area (Å²) in [5.74, 6) is -1.93. The SMILES string of the molecule is COC[C@H]1CSc2c(c(C(=N)N3C[C@@H](C)N[C@@H](C)C3)cc(C(F)(F)F)c2-c2cc(Cl)c(F)cc2F)N1. The predicted molar refractivity (Wildman–Crippen MR) is 132 cm³/mol. The van der Waals surface area contributed by atoms with E-state index in [-0.39, 0.29) is 41.0 Å². The van der Waals surface area contributed by atoms with Gasteiger partial charge in [0.25, 0.3) is 0 Å². The number of rotatable bonds is 4. The normalized spacial score (nSPS) is 22.2. The van der Waals surface area contributed by atoms with Crippen molar-refractivity contribution in [1.82, 2.24) is 10.2 Å². The summed E-state index contributed by atoms with van der Waals surface area (Å²) < 4.78 is 77.4. The van der Waals surface area contributed by atoms with E-state index in [1.807, 2.05) is 13.8 Å². The van der Waals surface area contributed by atoms with E-state index in [0.717, 1.165) is 23.9 Å². The third-order valence-corrected chi connectivity index (χ3v) is 7.70. The molecule has 4 rings (SSSR count). The zero-order valence-electron chi connectivity index (χ0n) is 19.8. The molecule has 0 aliphatic carbocycles. The minimum absolute atomic E-state index is 0.0327. The summed E-state index contributed by atoms with van der Waals surface area (Å²) in [7, 11) is 1.52. The Morgan fingerprint density at radius 1 is 1.17 bits per heavy atom. The molecule has 0 spiro atoms. The standard InChI is InChI=1S/C24H26ClF5N4OS/c1-11-7-34(8-12(2)32-11)23(31)15-4-16(24(28,29)30)20(14-5-17(25)19(27)6-18(14)26)22-21(15)33-13(9-35-3)10-36-22/h4-6,11-13,31-33H,7-10H2,1-3H3/t11-,12+,13-/m0/s1. The molecule has 1 saturated heterocycles. The van der Waals surface area contributed by atoms with Crippen LogP contribution in [0.15, 0.2) is 23.1 Å². The van der Waals surface area contributed by atoms with Crippen molar-refractivity contribution in [3.63, 3.8) is 0 Å². The van der Waals surface area contributed by atoms with Crippen LogP contribution in [-0.2, 0) is 10.9 Å². The molecule has 3 N–H and O–H groups in total. The van der Waals surface area contributed by atoms with Crippen LogP contribution in [0.3, 0.4) is 0 Å². The molecule has 196 valence electrons. The number of hydrogen-bond acceptors (Lipinski definition) is 5. The first kappa shape index (κ1) is 27.0. The van der Waals surface area contributed by atoms with Crippen LogP contribution in [0.25, 0.3) is 11.1 Å². The Hall–Kier alpha value is -2.08. The number of fused-ring (bicyclic) bond motifs is 1. The number of anilines is 1. The molecule has 2 heterocycles. The number of ether oxygens (including phenoxy) is 1. The smallest absolute Gasteiger partial charge is 0.383 e. The maximum absolute atomic E-state index is 14.9. The topological polar surface area (TPSA) is 60.4 Å². The highest BCUT2D eigenvalue weighted by Crippen LogP contribution is 2.50. The Balaban J connectivity index is 1.97. The number of methoxy groups -OCH3 is 1. The highest BCUT2D eigenvalue weighted by molar-refractivity contribution is 7.99. The van der Waals surface area contributed by atoms with Crippen LogP contribution < -0.4 is 10.6 Å². The molecule has 2 aromatic rings. The monoisotopic (exact) mass is 548 g/mol. The lowest BCUT2D eigenvalue weighted by atomic mass is 9.93. The fourth-order valence-corrected chi connectivity index (χ4v) is 6.13. The Morgan fingerprint density at radius 2 is 1.83 bits per heavy atom. The van der Waals surface area contributed by atoms with Gasteiger partial charge in [0, 0.05) is 65.7 Å². The van der Waals surface area contributed by atoms with Crippen molar-refractivity contribution < 1.29 is 26.7 Å². The quantitative estimate of drug-likeness (QED) is 0.194. The van der Waals surface area contributed by atoms with Gasteiger partial charge in [-0.05, 0) is 26.0 Å². The van der Waals surface area contributed by atoms with Crippen molar-refractivity contribution in [3.8, 4) is 11.1 Å². The molecule has 1 fully saturated rings. The first-order valence-electron chi connectivity index (χ1n) is 11.3. The number of benzene rings is 2. The van der Waals surface area contributed by atoms with Crippen LogP contribution in [0.4, 0.5) is 27.6 Å². The zero-order valence-corrected chi connectivity index (χ0v) is 21.4. The maximum atomic E-state index is 14.9. The van der Waals surface area contributed by atoms with Gasteiger partial charge < -0.3 is 20.3 Å². The highest BCUT2D eigenvalue weighted by atomic mass is 35.5. The average Bonchev–Trinajstić information content (AvgIpc) is 2.79. The van der Waals surface area contributed by atoms with Gasteiger partial charge in [0.1, 0.15) is 17.5 Å². The Bertz CT molecular complexity index is 1170. The van der Waals surface area contributed by atoms with E-state index in [9.17, 15) is 22.0 Å². The second kappa shape index (κ2) is 10.4. The Morgan fingerprint density at radius 3 is 2.44 bits per heavy atom. The third kappa shape index (κ3) is 5.29. The van der Waals surface area contributed by atoms with Crippen LogP contribution in [0.1, 0.15) is 25.0 Å². The van der Waals surface area contributed by atoms with E-state index in [4.69, 9.17) is 21.7 Å². The Kier molecular flexibility index (Phi) is 7.76. The van der Waals surface area contributed by atoms with Gasteiger partial charge in [-0.25, -0.2) is 8.78 Å². The number of halogens is 6. The minimum atomic E-state index is -4.87. The molecular weight excluding hydrogens is 523 g/mol. The average molecular weight is 549 g/mol. The number of nitrogens with zero attached hydrogens (tertiary/aromatic N) is 1. The van der Waals surface area contributed by atoms with Gasteiger partial charge in [-0.2, -0.15) is 13.2 Å². The zero-order chi connectivity index (χ0) is 26.4. The molecule has 0 bridgehead atoms. The van der Waals surface area contributed by atoms with Crippen LogP contribution in [0, 0.1) is 17.0 Å². The summed E-state index contributed by atoms with van der Waals surface area (Å²) in [6.45, 7) is 5.06. The fraction of sp³-hybridized carbons (Fsp3) is 0.458. The summed E-state index contributed by atoms with van der Waals surface area (Å²) >= 11 is 6.96. The molecule has 0 radical (unpaired) electrons. The van der Waals surface area contributed by atoms with Gasteiger partial charge in [-0.3, -0.25) is 5.41 Å². The van der Waals surface area contributed by atoms with E-state index in [2.05, 4.69) is 10.6 Å².